The van der Waals surface area contributed by atoms with Crippen molar-refractivity contribution in [2.45, 2.75) is 20.3 Å². The van der Waals surface area contributed by atoms with E-state index in [4.69, 9.17) is 21.3 Å². The largest absolute Gasteiger partial charge is 0.469 e. The van der Waals surface area contributed by atoms with E-state index in [-0.39, 0.29) is 0 Å². The Morgan fingerprint density at radius 3 is 2.77 bits per heavy atom. The topological polar surface area (TPSA) is 36.9 Å². The molecule has 0 saturated heterocycles. The maximum Gasteiger partial charge on any atom is 0.101 e. The molecule has 1 aromatic rings. The summed E-state index contributed by atoms with van der Waals surface area (Å²) in [5.41, 5.74) is 1.36. The molecule has 68 valence electrons. The minimum absolute atomic E-state index is 0.488. The average molecular weight is 196 g/mol. The Bertz CT molecular complexity index is 371. The molecule has 0 aliphatic carbocycles. The average Bonchev–Trinajstić information content (AvgIpc) is 2.54. The Balaban J connectivity index is 3.09. The van der Waals surface area contributed by atoms with Crippen LogP contribution in [0.5, 0.6) is 0 Å². The smallest absolute Gasteiger partial charge is 0.101 e. The molecule has 0 atom stereocenters. The van der Waals surface area contributed by atoms with Crippen molar-refractivity contribution in [2.75, 3.05) is 0 Å². The van der Waals surface area contributed by atoms with Crippen LogP contribution >= 0.6 is 11.6 Å². The van der Waals surface area contributed by atoms with Crippen LogP contribution in [0.4, 0.5) is 0 Å². The second kappa shape index (κ2) is 4.15. The third-order valence-corrected chi connectivity index (χ3v) is 2.18. The SMILES string of the molecule is CCC(C#N)=C(Cl)c1coc(C)c1. The number of allylic oxidation sites excluding steroid dienone is 1. The van der Waals surface area contributed by atoms with Crippen molar-refractivity contribution in [1.29, 1.82) is 5.26 Å². The second-order valence-electron chi connectivity index (χ2n) is 2.70. The van der Waals surface area contributed by atoms with Gasteiger partial charge in [-0.2, -0.15) is 5.26 Å². The van der Waals surface area contributed by atoms with Gasteiger partial charge < -0.3 is 4.42 Å². The first-order valence-corrected chi connectivity index (χ1v) is 4.41. The van der Waals surface area contributed by atoms with E-state index < -0.39 is 0 Å². The van der Waals surface area contributed by atoms with Gasteiger partial charge in [0.15, 0.2) is 0 Å². The molecule has 0 saturated carbocycles. The Kier molecular flexibility index (Phi) is 3.16. The summed E-state index contributed by atoms with van der Waals surface area (Å²) in [6.07, 6.45) is 2.20. The van der Waals surface area contributed by atoms with E-state index >= 15 is 0 Å². The lowest BCUT2D eigenvalue weighted by molar-refractivity contribution is 0.534. The summed E-state index contributed by atoms with van der Waals surface area (Å²) in [6, 6.07) is 3.88. The molecule has 0 fully saturated rings. The van der Waals surface area contributed by atoms with E-state index in [1.54, 1.807) is 6.26 Å². The minimum atomic E-state index is 0.488. The number of nitriles is 1. The van der Waals surface area contributed by atoms with Gasteiger partial charge >= 0.3 is 0 Å². The third kappa shape index (κ3) is 2.13. The number of rotatable bonds is 2. The predicted octanol–water partition coefficient (Wildman–Crippen LogP) is 3.47. The third-order valence-electron chi connectivity index (χ3n) is 1.74. The summed E-state index contributed by atoms with van der Waals surface area (Å²) in [5, 5.41) is 9.23. The molecule has 2 nitrogen and oxygen atoms in total. The van der Waals surface area contributed by atoms with E-state index in [2.05, 4.69) is 6.07 Å². The summed E-state index contributed by atoms with van der Waals surface area (Å²) in [6.45, 7) is 3.74. The normalized spacial score (nSPS) is 12.2. The first-order chi connectivity index (χ1) is 6.19. The van der Waals surface area contributed by atoms with E-state index in [1.807, 2.05) is 19.9 Å². The van der Waals surface area contributed by atoms with Crippen LogP contribution in [-0.2, 0) is 0 Å². The van der Waals surface area contributed by atoms with Gasteiger partial charge in [0.05, 0.1) is 17.4 Å². The second-order valence-corrected chi connectivity index (χ2v) is 3.08. The fourth-order valence-corrected chi connectivity index (χ4v) is 1.29. The van der Waals surface area contributed by atoms with E-state index in [0.29, 0.717) is 17.0 Å². The maximum absolute atomic E-state index is 8.74. The van der Waals surface area contributed by atoms with Gasteiger partial charge in [-0.3, -0.25) is 0 Å². The highest BCUT2D eigenvalue weighted by Gasteiger charge is 2.07. The van der Waals surface area contributed by atoms with Crippen LogP contribution in [0.1, 0.15) is 24.7 Å². The fraction of sp³-hybridized carbons (Fsp3) is 0.300. The number of hydrogen-bond acceptors (Lipinski definition) is 2. The molecule has 1 aromatic heterocycles. The molecule has 0 aliphatic rings. The maximum atomic E-state index is 8.74. The molecule has 0 amide bonds. The first kappa shape index (κ1) is 9.88. The highest BCUT2D eigenvalue weighted by molar-refractivity contribution is 6.49. The van der Waals surface area contributed by atoms with E-state index in [0.717, 1.165) is 11.3 Å². The summed E-state index contributed by atoms with van der Waals surface area (Å²) in [5.74, 6) is 0.793. The van der Waals surface area contributed by atoms with Crippen molar-refractivity contribution in [2.24, 2.45) is 0 Å². The fourth-order valence-electron chi connectivity index (χ4n) is 1.02. The van der Waals surface area contributed by atoms with Gasteiger partial charge in [-0.15, -0.1) is 0 Å². The molecule has 13 heavy (non-hydrogen) atoms. The molecular weight excluding hydrogens is 186 g/mol. The lowest BCUT2D eigenvalue weighted by atomic mass is 10.1. The Morgan fingerprint density at radius 1 is 1.69 bits per heavy atom. The quantitative estimate of drug-likeness (QED) is 0.678. The molecule has 0 bridgehead atoms. The van der Waals surface area contributed by atoms with Crippen LogP contribution in [0, 0.1) is 18.3 Å². The number of hydrogen-bond donors (Lipinski definition) is 0. The van der Waals surface area contributed by atoms with E-state index in [1.165, 1.54) is 0 Å². The van der Waals surface area contributed by atoms with Crippen LogP contribution in [-0.4, -0.2) is 0 Å². The molecule has 0 aliphatic heterocycles. The highest BCUT2D eigenvalue weighted by atomic mass is 35.5. The van der Waals surface area contributed by atoms with Gasteiger partial charge in [-0.1, -0.05) is 18.5 Å². The van der Waals surface area contributed by atoms with Crippen molar-refractivity contribution in [3.8, 4) is 6.07 Å². The van der Waals surface area contributed by atoms with Crippen LogP contribution in [0.3, 0.4) is 0 Å². The van der Waals surface area contributed by atoms with E-state index in [9.17, 15) is 0 Å². The van der Waals surface area contributed by atoms with Gasteiger partial charge in [0.1, 0.15) is 5.76 Å². The molecule has 1 rings (SSSR count). The zero-order chi connectivity index (χ0) is 9.84. The summed E-state index contributed by atoms with van der Waals surface area (Å²) < 4.78 is 5.10. The lowest BCUT2D eigenvalue weighted by Crippen LogP contribution is -1.80. The Labute approximate surface area is 82.4 Å². The summed E-state index contributed by atoms with van der Waals surface area (Å²) in [7, 11) is 0. The number of furan rings is 1. The van der Waals surface area contributed by atoms with Gasteiger partial charge in [0.25, 0.3) is 0 Å². The lowest BCUT2D eigenvalue weighted by Gasteiger charge is -1.95. The van der Waals surface area contributed by atoms with Crippen molar-refractivity contribution in [1.82, 2.24) is 0 Å². The van der Waals surface area contributed by atoms with Crippen molar-refractivity contribution < 1.29 is 4.42 Å². The zero-order valence-electron chi connectivity index (χ0n) is 7.60. The minimum Gasteiger partial charge on any atom is -0.469 e. The predicted molar refractivity (Wildman–Crippen MR) is 52.1 cm³/mol. The number of nitrogens with zero attached hydrogens (tertiary/aromatic N) is 1. The first-order valence-electron chi connectivity index (χ1n) is 4.03. The number of aryl methyl sites for hydroxylation is 1. The van der Waals surface area contributed by atoms with Crippen molar-refractivity contribution in [3.05, 3.63) is 29.2 Å². The van der Waals surface area contributed by atoms with Gasteiger partial charge in [-0.25, -0.2) is 0 Å². The molecular formula is C10H10ClNO. The molecule has 0 aromatic carbocycles. The van der Waals surface area contributed by atoms with Crippen LogP contribution < -0.4 is 0 Å². The van der Waals surface area contributed by atoms with Crippen LogP contribution in [0.15, 0.2) is 22.3 Å². The van der Waals surface area contributed by atoms with Crippen molar-refractivity contribution >= 4 is 16.6 Å². The highest BCUT2D eigenvalue weighted by Crippen LogP contribution is 2.25. The van der Waals surface area contributed by atoms with Crippen molar-refractivity contribution in [3.63, 3.8) is 0 Å². The Hall–Kier alpha value is -1.20. The van der Waals surface area contributed by atoms with Crippen LogP contribution in [0.25, 0.3) is 5.03 Å². The molecule has 0 spiro atoms. The molecule has 0 unspecified atom stereocenters. The number of halogens is 1. The summed E-state index contributed by atoms with van der Waals surface area (Å²) in [4.78, 5) is 0. The monoisotopic (exact) mass is 195 g/mol. The zero-order valence-corrected chi connectivity index (χ0v) is 8.35. The molecule has 3 heteroatoms. The van der Waals surface area contributed by atoms with Crippen LogP contribution in [0.2, 0.25) is 0 Å². The molecule has 0 N–H and O–H groups in total. The summed E-state index contributed by atoms with van der Waals surface area (Å²) >= 11 is 5.98. The standard InChI is InChI=1S/C10H10ClNO/c1-3-8(5-12)10(11)9-4-7(2)13-6-9/h4,6H,3H2,1-2H3. The van der Waals surface area contributed by atoms with Gasteiger partial charge in [0.2, 0.25) is 0 Å². The molecule has 1 heterocycles. The van der Waals surface area contributed by atoms with Gasteiger partial charge in [0, 0.05) is 11.1 Å². The molecule has 0 radical (unpaired) electrons. The Morgan fingerprint density at radius 2 is 2.38 bits per heavy atom. The van der Waals surface area contributed by atoms with Gasteiger partial charge in [-0.05, 0) is 19.4 Å².